The SMILES string of the molecule is COc1cccc(OCCCOc2ccccc2C=NNC(C)=O)c1. The molecule has 0 heterocycles. The van der Waals surface area contributed by atoms with Gasteiger partial charge in [0.25, 0.3) is 0 Å². The van der Waals surface area contributed by atoms with Crippen molar-refractivity contribution in [2.75, 3.05) is 20.3 Å². The van der Waals surface area contributed by atoms with E-state index in [1.54, 1.807) is 13.3 Å². The van der Waals surface area contributed by atoms with Crippen molar-refractivity contribution in [3.63, 3.8) is 0 Å². The number of hydrogen-bond donors (Lipinski definition) is 1. The van der Waals surface area contributed by atoms with E-state index in [0.717, 1.165) is 23.5 Å². The molecule has 2 aromatic carbocycles. The van der Waals surface area contributed by atoms with Crippen LogP contribution in [0.15, 0.2) is 53.6 Å². The van der Waals surface area contributed by atoms with Crippen molar-refractivity contribution >= 4 is 12.1 Å². The fraction of sp³-hybridized carbons (Fsp3) is 0.263. The molecule has 1 N–H and O–H groups in total. The van der Waals surface area contributed by atoms with E-state index in [2.05, 4.69) is 10.5 Å². The van der Waals surface area contributed by atoms with Crippen LogP contribution in [0, 0.1) is 0 Å². The van der Waals surface area contributed by atoms with Crippen LogP contribution in [0.25, 0.3) is 0 Å². The van der Waals surface area contributed by atoms with Gasteiger partial charge in [-0.05, 0) is 24.3 Å². The van der Waals surface area contributed by atoms with Gasteiger partial charge in [0.05, 0.1) is 26.5 Å². The highest BCUT2D eigenvalue weighted by molar-refractivity contribution is 5.84. The molecule has 0 aliphatic rings. The van der Waals surface area contributed by atoms with Gasteiger partial charge in [-0.1, -0.05) is 18.2 Å². The van der Waals surface area contributed by atoms with Crippen LogP contribution in [0.1, 0.15) is 18.9 Å². The number of carbonyl (C=O) groups excluding carboxylic acids is 1. The quantitative estimate of drug-likeness (QED) is 0.432. The molecule has 0 spiro atoms. The number of nitrogens with one attached hydrogen (secondary N) is 1. The molecule has 0 aliphatic heterocycles. The van der Waals surface area contributed by atoms with Gasteiger partial charge >= 0.3 is 0 Å². The van der Waals surface area contributed by atoms with Gasteiger partial charge in [0.1, 0.15) is 17.2 Å². The molecule has 0 radical (unpaired) electrons. The molecule has 0 saturated carbocycles. The molecule has 1 amide bonds. The maximum Gasteiger partial charge on any atom is 0.236 e. The van der Waals surface area contributed by atoms with Crippen molar-refractivity contribution in [2.45, 2.75) is 13.3 Å². The van der Waals surface area contributed by atoms with Crippen LogP contribution in [0.4, 0.5) is 0 Å². The van der Waals surface area contributed by atoms with Crippen LogP contribution in [0.5, 0.6) is 17.2 Å². The van der Waals surface area contributed by atoms with Gasteiger partial charge < -0.3 is 14.2 Å². The van der Waals surface area contributed by atoms with Gasteiger partial charge in [0.15, 0.2) is 0 Å². The lowest BCUT2D eigenvalue weighted by atomic mass is 10.2. The zero-order chi connectivity index (χ0) is 17.9. The summed E-state index contributed by atoms with van der Waals surface area (Å²) in [7, 11) is 1.62. The number of rotatable bonds is 9. The first kappa shape index (κ1) is 18.3. The van der Waals surface area contributed by atoms with Crippen molar-refractivity contribution in [1.82, 2.24) is 5.43 Å². The van der Waals surface area contributed by atoms with Gasteiger partial charge in [0.2, 0.25) is 5.91 Å². The Hall–Kier alpha value is -3.02. The summed E-state index contributed by atoms with van der Waals surface area (Å²) >= 11 is 0. The molecule has 132 valence electrons. The number of hydrazone groups is 1. The maximum atomic E-state index is 10.8. The normalized spacial score (nSPS) is 10.5. The van der Waals surface area contributed by atoms with E-state index in [1.165, 1.54) is 6.92 Å². The van der Waals surface area contributed by atoms with Gasteiger partial charge in [-0.25, -0.2) is 5.43 Å². The zero-order valence-corrected chi connectivity index (χ0v) is 14.4. The highest BCUT2D eigenvalue weighted by atomic mass is 16.5. The van der Waals surface area contributed by atoms with E-state index >= 15 is 0 Å². The highest BCUT2D eigenvalue weighted by Crippen LogP contribution is 2.19. The van der Waals surface area contributed by atoms with Gasteiger partial charge in [0, 0.05) is 25.0 Å². The second kappa shape index (κ2) is 9.97. The first-order valence-electron chi connectivity index (χ1n) is 7.97. The molecule has 6 nitrogen and oxygen atoms in total. The molecule has 0 unspecified atom stereocenters. The second-order valence-electron chi connectivity index (χ2n) is 5.19. The smallest absolute Gasteiger partial charge is 0.236 e. The minimum Gasteiger partial charge on any atom is -0.497 e. The Morgan fingerprint density at radius 2 is 1.84 bits per heavy atom. The lowest BCUT2D eigenvalue weighted by molar-refractivity contribution is -0.118. The number of hydrogen-bond acceptors (Lipinski definition) is 5. The predicted octanol–water partition coefficient (Wildman–Crippen LogP) is 3.01. The summed E-state index contributed by atoms with van der Waals surface area (Å²) < 4.78 is 16.6. The molecule has 6 heteroatoms. The topological polar surface area (TPSA) is 69.2 Å². The van der Waals surface area contributed by atoms with E-state index in [9.17, 15) is 4.79 Å². The van der Waals surface area contributed by atoms with Crippen LogP contribution in [0.2, 0.25) is 0 Å². The van der Waals surface area contributed by atoms with Gasteiger partial charge in [-0.2, -0.15) is 5.10 Å². The molecule has 2 aromatic rings. The third-order valence-electron chi connectivity index (χ3n) is 3.20. The summed E-state index contributed by atoms with van der Waals surface area (Å²) in [4.78, 5) is 10.8. The predicted molar refractivity (Wildman–Crippen MR) is 96.5 cm³/mol. The molecule has 0 aromatic heterocycles. The molecule has 0 atom stereocenters. The third kappa shape index (κ3) is 6.55. The van der Waals surface area contributed by atoms with Crippen molar-refractivity contribution in [3.05, 3.63) is 54.1 Å². The van der Waals surface area contributed by atoms with Crippen molar-refractivity contribution in [2.24, 2.45) is 5.10 Å². The highest BCUT2D eigenvalue weighted by Gasteiger charge is 2.01. The molecule has 0 bridgehead atoms. The van der Waals surface area contributed by atoms with Crippen molar-refractivity contribution in [1.29, 1.82) is 0 Å². The molecule has 0 saturated heterocycles. The lowest BCUT2D eigenvalue weighted by Crippen LogP contribution is -2.12. The number of methoxy groups -OCH3 is 1. The summed E-state index contributed by atoms with van der Waals surface area (Å²) in [6.45, 7) is 2.45. The summed E-state index contributed by atoms with van der Waals surface area (Å²) in [6.07, 6.45) is 2.29. The van der Waals surface area contributed by atoms with Gasteiger partial charge in [-0.15, -0.1) is 0 Å². The maximum absolute atomic E-state index is 10.8. The monoisotopic (exact) mass is 342 g/mol. The minimum atomic E-state index is -0.218. The summed E-state index contributed by atoms with van der Waals surface area (Å²) in [5.41, 5.74) is 3.17. The van der Waals surface area contributed by atoms with Crippen LogP contribution < -0.4 is 19.6 Å². The van der Waals surface area contributed by atoms with Crippen LogP contribution in [-0.4, -0.2) is 32.4 Å². The standard InChI is InChI=1S/C19H22N2O4/c1-15(22)21-20-14-16-7-3-4-10-19(16)25-12-6-11-24-18-9-5-8-17(13-18)23-2/h3-5,7-10,13-14H,6,11-12H2,1-2H3,(H,21,22). The second-order valence-corrected chi connectivity index (χ2v) is 5.19. The van der Waals surface area contributed by atoms with Crippen molar-refractivity contribution < 1.29 is 19.0 Å². The molecule has 2 rings (SSSR count). The van der Waals surface area contributed by atoms with E-state index < -0.39 is 0 Å². The summed E-state index contributed by atoms with van der Waals surface area (Å²) in [5.74, 6) is 2.02. The van der Waals surface area contributed by atoms with E-state index in [1.807, 2.05) is 48.5 Å². The number of amides is 1. The number of ether oxygens (including phenoxy) is 3. The number of para-hydroxylation sites is 1. The average Bonchev–Trinajstić information content (AvgIpc) is 2.62. The Balaban J connectivity index is 1.78. The largest absolute Gasteiger partial charge is 0.497 e. The average molecular weight is 342 g/mol. The Morgan fingerprint density at radius 1 is 1.08 bits per heavy atom. The van der Waals surface area contributed by atoms with E-state index in [0.29, 0.717) is 19.0 Å². The number of benzene rings is 2. The summed E-state index contributed by atoms with van der Waals surface area (Å²) in [5, 5.41) is 3.86. The molecular weight excluding hydrogens is 320 g/mol. The van der Waals surface area contributed by atoms with Gasteiger partial charge in [-0.3, -0.25) is 4.79 Å². The molecule has 0 aliphatic carbocycles. The Kier molecular flexibility index (Phi) is 7.31. The molecule has 0 fully saturated rings. The molecule has 25 heavy (non-hydrogen) atoms. The fourth-order valence-electron chi connectivity index (χ4n) is 2.03. The Bertz CT molecular complexity index is 716. The summed E-state index contributed by atoms with van der Waals surface area (Å²) in [6, 6.07) is 15.0. The first-order chi connectivity index (χ1) is 12.2. The third-order valence-corrected chi connectivity index (χ3v) is 3.20. The van der Waals surface area contributed by atoms with Crippen LogP contribution >= 0.6 is 0 Å². The fourth-order valence-corrected chi connectivity index (χ4v) is 2.03. The van der Waals surface area contributed by atoms with Crippen LogP contribution in [0.3, 0.4) is 0 Å². The number of carbonyl (C=O) groups is 1. The minimum absolute atomic E-state index is 0.218. The van der Waals surface area contributed by atoms with E-state index in [4.69, 9.17) is 14.2 Å². The Labute approximate surface area is 147 Å². The van der Waals surface area contributed by atoms with E-state index in [-0.39, 0.29) is 5.91 Å². The lowest BCUT2D eigenvalue weighted by Gasteiger charge is -2.10. The zero-order valence-electron chi connectivity index (χ0n) is 14.4. The first-order valence-corrected chi connectivity index (χ1v) is 7.97. The van der Waals surface area contributed by atoms with Crippen LogP contribution in [-0.2, 0) is 4.79 Å². The molecular formula is C19H22N2O4. The number of nitrogens with zero attached hydrogens (tertiary/aromatic N) is 1. The Morgan fingerprint density at radius 3 is 2.64 bits per heavy atom. The van der Waals surface area contributed by atoms with Crippen molar-refractivity contribution in [3.8, 4) is 17.2 Å².